The van der Waals surface area contributed by atoms with E-state index in [-0.39, 0.29) is 61.5 Å². The first-order chi connectivity index (χ1) is 20.4. The van der Waals surface area contributed by atoms with Gasteiger partial charge in [-0.2, -0.15) is 0 Å². The van der Waals surface area contributed by atoms with Gasteiger partial charge in [0.2, 0.25) is 11.8 Å². The predicted molar refractivity (Wildman–Crippen MR) is 161 cm³/mol. The zero-order valence-corrected chi connectivity index (χ0v) is 27.6. The van der Waals surface area contributed by atoms with Crippen LogP contribution in [0.2, 0.25) is 0 Å². The summed E-state index contributed by atoms with van der Waals surface area (Å²) in [6.45, 7) is 10.2. The number of nitrogens with one attached hydrogen (secondary N) is 2. The highest BCUT2D eigenvalue weighted by atomic mass is 31.2. The van der Waals surface area contributed by atoms with Crippen molar-refractivity contribution in [1.82, 2.24) is 10.6 Å². The van der Waals surface area contributed by atoms with Crippen molar-refractivity contribution in [2.75, 3.05) is 33.0 Å². The summed E-state index contributed by atoms with van der Waals surface area (Å²) in [4.78, 5) is 50.0. The first kappa shape index (κ1) is 40.1. The Bertz CT molecular complexity index is 983. The van der Waals surface area contributed by atoms with Gasteiger partial charge in [0.05, 0.1) is 18.9 Å². The second-order valence-corrected chi connectivity index (χ2v) is 14.0. The summed E-state index contributed by atoms with van der Waals surface area (Å²) in [6.07, 6.45) is -3.97. The number of unbranched alkanes of at least 4 members (excludes halogenated alkanes) is 1. The minimum absolute atomic E-state index is 0.0159. The molecule has 6 N–H and O–H groups in total. The van der Waals surface area contributed by atoms with Crippen LogP contribution in [0.5, 0.6) is 0 Å². The van der Waals surface area contributed by atoms with E-state index in [0.717, 1.165) is 25.9 Å². The number of nitrogens with zero attached hydrogens (tertiary/aromatic N) is 1. The fourth-order valence-electron chi connectivity index (χ4n) is 4.17. The topological polar surface area (TPSA) is 223 Å². The number of carbonyl (C=O) groups excluding carboxylic acids is 3. The fraction of sp³-hybridized carbons (Fsp3) is 0.857. The molecule has 0 aromatic rings. The molecule has 0 aromatic carbocycles. The average Bonchev–Trinajstić information content (AvgIpc) is 2.92. The zero-order chi connectivity index (χ0) is 33.5. The molecule has 0 aromatic heterocycles. The maximum absolute atomic E-state index is 12.2. The largest absolute Gasteiger partial charge is 0.393 e. The smallest absolute Gasteiger partial charge is 0.325 e. The van der Waals surface area contributed by atoms with Crippen LogP contribution >= 0.6 is 7.60 Å². The number of carbonyl (C=O) groups is 3. The molecular formula is C28H52N3O12P. The van der Waals surface area contributed by atoms with Gasteiger partial charge in [0.15, 0.2) is 6.29 Å². The average molecular weight is 654 g/mol. The van der Waals surface area contributed by atoms with E-state index in [0.29, 0.717) is 18.7 Å². The van der Waals surface area contributed by atoms with Crippen LogP contribution in [0.15, 0.2) is 5.16 Å². The molecule has 15 nitrogen and oxygen atoms in total. The first-order valence-electron chi connectivity index (χ1n) is 14.9. The second kappa shape index (κ2) is 19.5. The molecule has 0 saturated carbocycles. The maximum atomic E-state index is 12.2. The van der Waals surface area contributed by atoms with Gasteiger partial charge in [-0.3, -0.25) is 14.2 Å². The highest BCUT2D eigenvalue weighted by Gasteiger charge is 2.44. The molecule has 0 aliphatic carbocycles. The van der Waals surface area contributed by atoms with E-state index in [4.69, 9.17) is 18.8 Å². The summed E-state index contributed by atoms with van der Waals surface area (Å²) in [5, 5.41) is 40.0. The first-order valence-corrected chi connectivity index (χ1v) is 16.9. The molecule has 0 spiro atoms. The third kappa shape index (κ3) is 16.9. The van der Waals surface area contributed by atoms with Gasteiger partial charge in [-0.25, -0.2) is 0 Å². The molecule has 44 heavy (non-hydrogen) atoms. The molecule has 7 atom stereocenters. The molecule has 0 bridgehead atoms. The van der Waals surface area contributed by atoms with Gasteiger partial charge in [0, 0.05) is 38.5 Å². The Balaban J connectivity index is 2.28. The molecule has 1 fully saturated rings. The van der Waals surface area contributed by atoms with Gasteiger partial charge in [-0.15, -0.1) is 0 Å². The number of aliphatic hydroxyl groups excluding tert-OH is 3. The molecule has 0 radical (unpaired) electrons. The van der Waals surface area contributed by atoms with Crippen LogP contribution in [0.4, 0.5) is 0 Å². The molecule has 1 unspecified atom stereocenters. The molecule has 256 valence electrons. The van der Waals surface area contributed by atoms with E-state index in [2.05, 4.69) is 36.6 Å². The third-order valence-corrected chi connectivity index (χ3v) is 7.49. The van der Waals surface area contributed by atoms with Crippen molar-refractivity contribution in [1.29, 1.82) is 0 Å². The van der Waals surface area contributed by atoms with E-state index in [1.54, 1.807) is 6.92 Å². The highest BCUT2D eigenvalue weighted by Crippen LogP contribution is 2.37. The fourth-order valence-corrected chi connectivity index (χ4v) is 4.59. The van der Waals surface area contributed by atoms with E-state index >= 15 is 0 Å². The number of oxime groups is 1. The van der Waals surface area contributed by atoms with Crippen molar-refractivity contribution in [3.8, 4) is 0 Å². The summed E-state index contributed by atoms with van der Waals surface area (Å²) < 4.78 is 26.8. The normalized spacial score (nSPS) is 24.7. The second-order valence-electron chi connectivity index (χ2n) is 12.2. The highest BCUT2D eigenvalue weighted by molar-refractivity contribution is 7.51. The molecule has 16 heteroatoms. The summed E-state index contributed by atoms with van der Waals surface area (Å²) >= 11 is 0. The lowest BCUT2D eigenvalue weighted by atomic mass is 9.83. The van der Waals surface area contributed by atoms with E-state index in [9.17, 15) is 39.2 Å². The van der Waals surface area contributed by atoms with Gasteiger partial charge in [-0.1, -0.05) is 25.9 Å². The van der Waals surface area contributed by atoms with Gasteiger partial charge >= 0.3 is 7.60 Å². The molecule has 1 aliphatic rings. The zero-order valence-electron chi connectivity index (χ0n) is 26.7. The molecule has 1 heterocycles. The SMILES string of the molecule is CC(=O)CCC(=O)N[C@@H](CCCCNC(=O)CC/C(C)=N/OCCO[C@H]1O[C@H](COP(C)(=O)O)[C@@H](O)[C@H](O)[C@@H]1O)C(C)(C)C. The van der Waals surface area contributed by atoms with Crippen LogP contribution in [0.3, 0.4) is 0 Å². The van der Waals surface area contributed by atoms with Crippen molar-refractivity contribution >= 4 is 30.9 Å². The van der Waals surface area contributed by atoms with E-state index < -0.39 is 44.9 Å². The quantitative estimate of drug-likeness (QED) is 0.0469. The lowest BCUT2D eigenvalue weighted by molar-refractivity contribution is -0.301. The number of hydrogen-bond donors (Lipinski definition) is 6. The number of hydrogen-bond acceptors (Lipinski definition) is 12. The number of rotatable bonds is 20. The summed E-state index contributed by atoms with van der Waals surface area (Å²) in [5.74, 6) is -0.275. The Morgan fingerprint density at radius 1 is 0.955 bits per heavy atom. The number of aliphatic hydroxyl groups is 3. The van der Waals surface area contributed by atoms with Gasteiger partial charge in [0.25, 0.3) is 0 Å². The summed E-state index contributed by atoms with van der Waals surface area (Å²) in [5.41, 5.74) is 0.436. The van der Waals surface area contributed by atoms with Gasteiger partial charge < -0.3 is 54.5 Å². The Morgan fingerprint density at radius 3 is 2.23 bits per heavy atom. The monoisotopic (exact) mass is 653 g/mol. The van der Waals surface area contributed by atoms with Crippen LogP contribution in [-0.2, 0) is 37.8 Å². The predicted octanol–water partition coefficient (Wildman–Crippen LogP) is 1.00. The summed E-state index contributed by atoms with van der Waals surface area (Å²) in [7, 11) is -3.85. The number of Topliss-reactive ketones (excluding diaryl/α,β-unsaturated/α-hetero) is 1. The standard InChI is InChI=1S/C28H52N3O12P/c1-18(31-41-16-15-40-27-26(37)25(36)24(35)20(43-27)17-42-44(6,38)39)10-12-22(33)29-14-8-7-9-21(28(3,4)5)30-23(34)13-11-19(2)32/h20-21,24-27,35-37H,7-17H2,1-6H3,(H,29,33)(H,30,34)(H,38,39)/b31-18+/t20-,21+,24-,25+,26+,27+/m1/s1. The van der Waals surface area contributed by atoms with Crippen molar-refractivity contribution in [3.05, 3.63) is 0 Å². The molecule has 1 saturated heterocycles. The van der Waals surface area contributed by atoms with E-state index in [1.807, 2.05) is 0 Å². The van der Waals surface area contributed by atoms with Crippen LogP contribution in [0, 0.1) is 5.41 Å². The minimum atomic E-state index is -3.85. The molecule has 1 rings (SSSR count). The molecule has 2 amide bonds. The molecular weight excluding hydrogens is 601 g/mol. The van der Waals surface area contributed by atoms with Gasteiger partial charge in [0.1, 0.15) is 36.8 Å². The Kier molecular flexibility index (Phi) is 17.8. The Morgan fingerprint density at radius 2 is 1.61 bits per heavy atom. The summed E-state index contributed by atoms with van der Waals surface area (Å²) in [6, 6.07) is -0.0392. The van der Waals surface area contributed by atoms with Crippen molar-refractivity contribution < 1.29 is 58.0 Å². The lowest BCUT2D eigenvalue weighted by Gasteiger charge is -2.40. The van der Waals surface area contributed by atoms with Crippen LogP contribution in [-0.4, -0.2) is 113 Å². The van der Waals surface area contributed by atoms with E-state index in [1.165, 1.54) is 6.92 Å². The van der Waals surface area contributed by atoms with Crippen LogP contribution in [0.25, 0.3) is 0 Å². The Labute approximate surface area is 259 Å². The molecule has 1 aliphatic heterocycles. The van der Waals surface area contributed by atoms with Crippen LogP contribution < -0.4 is 10.6 Å². The third-order valence-electron chi connectivity index (χ3n) is 6.86. The number of ether oxygens (including phenoxy) is 2. The van der Waals surface area contributed by atoms with Crippen LogP contribution in [0.1, 0.15) is 79.6 Å². The van der Waals surface area contributed by atoms with Crippen molar-refractivity contribution in [3.63, 3.8) is 0 Å². The Hall–Kier alpha value is -1.97. The van der Waals surface area contributed by atoms with Crippen molar-refractivity contribution in [2.24, 2.45) is 10.6 Å². The maximum Gasteiger partial charge on any atom is 0.325 e. The number of ketones is 1. The van der Waals surface area contributed by atoms with Gasteiger partial charge in [-0.05, 0) is 44.9 Å². The number of amides is 2. The lowest BCUT2D eigenvalue weighted by Crippen LogP contribution is -2.59. The minimum Gasteiger partial charge on any atom is -0.393 e. The van der Waals surface area contributed by atoms with Crippen molar-refractivity contribution in [2.45, 2.75) is 116 Å².